The minimum atomic E-state index is -0.837. The number of aromatic nitrogens is 4. The van der Waals surface area contributed by atoms with Crippen molar-refractivity contribution in [2.24, 2.45) is 5.16 Å². The Morgan fingerprint density at radius 3 is 2.47 bits per heavy atom. The Bertz CT molecular complexity index is 1440. The van der Waals surface area contributed by atoms with Crippen LogP contribution in [0.3, 0.4) is 0 Å². The molecule has 9 nitrogen and oxygen atoms in total. The van der Waals surface area contributed by atoms with Crippen molar-refractivity contribution in [1.29, 1.82) is 0 Å². The number of oxime groups is 1. The summed E-state index contributed by atoms with van der Waals surface area (Å²) in [7, 11) is 3.20. The second kappa shape index (κ2) is 8.65. The van der Waals surface area contributed by atoms with Gasteiger partial charge in [-0.15, -0.1) is 0 Å². The summed E-state index contributed by atoms with van der Waals surface area (Å²) in [6.45, 7) is 4.00. The van der Waals surface area contributed by atoms with E-state index in [4.69, 9.17) is 23.9 Å². The van der Waals surface area contributed by atoms with E-state index in [9.17, 15) is 0 Å². The number of benzene rings is 2. The first kappa shape index (κ1) is 22.6. The third-order valence-corrected chi connectivity index (χ3v) is 7.26. The summed E-state index contributed by atoms with van der Waals surface area (Å²) in [6, 6.07) is 12.3. The molecule has 0 amide bonds. The first-order valence-corrected chi connectivity index (χ1v) is 12.3. The SMILES string of the molecule is COc1cc(OC)cc(-c2nc(C3(C)CC(c4ccc5c(C)nn(C6CCCC6)c5c4)=NO3)no2)c1. The van der Waals surface area contributed by atoms with Crippen LogP contribution in [0.25, 0.3) is 22.4 Å². The molecule has 1 aliphatic heterocycles. The molecule has 1 fully saturated rings. The Labute approximate surface area is 209 Å². The molecule has 0 spiro atoms. The number of methoxy groups -OCH3 is 2. The Morgan fingerprint density at radius 2 is 1.75 bits per heavy atom. The maximum atomic E-state index is 5.91. The van der Waals surface area contributed by atoms with E-state index in [2.05, 4.69) is 45.1 Å². The minimum absolute atomic E-state index is 0.359. The standard InChI is InChI=1S/C27H29N5O4/c1-16-22-10-9-17(13-24(22)32(29-16)19-7-5-6-8-19)23-15-27(2,36-30-23)26-28-25(35-31-26)18-11-20(33-3)14-21(12-18)34-4/h9-14,19H,5-8,15H2,1-4H3. The van der Waals surface area contributed by atoms with Crippen LogP contribution < -0.4 is 9.47 Å². The van der Waals surface area contributed by atoms with Gasteiger partial charge in [-0.3, -0.25) is 4.68 Å². The molecule has 1 atom stereocenters. The summed E-state index contributed by atoms with van der Waals surface area (Å²) in [5, 5.41) is 14.7. The maximum Gasteiger partial charge on any atom is 0.258 e. The third kappa shape index (κ3) is 3.79. The van der Waals surface area contributed by atoms with Crippen molar-refractivity contribution < 1.29 is 18.8 Å². The molecule has 0 N–H and O–H groups in total. The molecule has 36 heavy (non-hydrogen) atoms. The summed E-state index contributed by atoms with van der Waals surface area (Å²) in [5.41, 5.74) is 3.95. The lowest BCUT2D eigenvalue weighted by molar-refractivity contribution is -0.0159. The van der Waals surface area contributed by atoms with Gasteiger partial charge in [0.15, 0.2) is 0 Å². The molecule has 2 aromatic carbocycles. The third-order valence-electron chi connectivity index (χ3n) is 7.26. The van der Waals surface area contributed by atoms with Crippen LogP contribution in [0.15, 0.2) is 46.1 Å². The number of nitrogens with zero attached hydrogens (tertiary/aromatic N) is 5. The van der Waals surface area contributed by atoms with E-state index in [1.54, 1.807) is 20.3 Å². The van der Waals surface area contributed by atoms with Gasteiger partial charge >= 0.3 is 0 Å². The molecule has 1 saturated carbocycles. The molecule has 4 aromatic rings. The van der Waals surface area contributed by atoms with Crippen LogP contribution in [0.4, 0.5) is 0 Å². The van der Waals surface area contributed by atoms with Crippen molar-refractivity contribution in [3.05, 3.63) is 53.5 Å². The fourth-order valence-corrected chi connectivity index (χ4v) is 5.20. The van der Waals surface area contributed by atoms with Crippen molar-refractivity contribution in [3.63, 3.8) is 0 Å². The highest BCUT2D eigenvalue weighted by Crippen LogP contribution is 2.38. The highest BCUT2D eigenvalue weighted by atomic mass is 16.7. The molecule has 3 heterocycles. The van der Waals surface area contributed by atoms with E-state index in [-0.39, 0.29) is 0 Å². The van der Waals surface area contributed by atoms with E-state index in [0.29, 0.717) is 41.2 Å². The molecule has 0 radical (unpaired) electrons. The zero-order chi connectivity index (χ0) is 24.9. The lowest BCUT2D eigenvalue weighted by Gasteiger charge is -2.16. The molecule has 0 bridgehead atoms. The van der Waals surface area contributed by atoms with Gasteiger partial charge < -0.3 is 18.8 Å². The van der Waals surface area contributed by atoms with Gasteiger partial charge in [-0.1, -0.05) is 35.3 Å². The molecule has 1 unspecified atom stereocenters. The zero-order valence-electron chi connectivity index (χ0n) is 20.9. The van der Waals surface area contributed by atoms with Crippen LogP contribution >= 0.6 is 0 Å². The van der Waals surface area contributed by atoms with Gasteiger partial charge in [0.2, 0.25) is 11.4 Å². The lowest BCUT2D eigenvalue weighted by Crippen LogP contribution is -2.23. The van der Waals surface area contributed by atoms with Crippen molar-refractivity contribution in [2.45, 2.75) is 57.6 Å². The Kier molecular flexibility index (Phi) is 5.43. The van der Waals surface area contributed by atoms with Crippen molar-refractivity contribution in [1.82, 2.24) is 19.9 Å². The minimum Gasteiger partial charge on any atom is -0.497 e. The highest BCUT2D eigenvalue weighted by molar-refractivity contribution is 6.04. The van der Waals surface area contributed by atoms with Crippen molar-refractivity contribution in [2.75, 3.05) is 14.2 Å². The topological polar surface area (TPSA) is 96.8 Å². The Balaban J connectivity index is 1.27. The van der Waals surface area contributed by atoms with Gasteiger partial charge in [0.1, 0.15) is 11.5 Å². The van der Waals surface area contributed by atoms with Gasteiger partial charge in [0.05, 0.1) is 37.2 Å². The lowest BCUT2D eigenvalue weighted by atomic mass is 9.94. The Morgan fingerprint density at radius 1 is 1.00 bits per heavy atom. The van der Waals surface area contributed by atoms with Crippen molar-refractivity contribution in [3.8, 4) is 23.0 Å². The van der Waals surface area contributed by atoms with Crippen LogP contribution in [-0.2, 0) is 10.4 Å². The summed E-state index contributed by atoms with van der Waals surface area (Å²) in [4.78, 5) is 10.5. The van der Waals surface area contributed by atoms with E-state index in [0.717, 1.165) is 22.5 Å². The number of hydrogen-bond donors (Lipinski definition) is 0. The Hall–Kier alpha value is -3.88. The fraction of sp³-hybridized carbons (Fsp3) is 0.407. The van der Waals surface area contributed by atoms with Crippen molar-refractivity contribution >= 4 is 16.6 Å². The number of aryl methyl sites for hydroxylation is 1. The summed E-state index contributed by atoms with van der Waals surface area (Å²) in [6.07, 6.45) is 5.41. The molecular formula is C27H29N5O4. The van der Waals surface area contributed by atoms with Crippen LogP contribution in [-0.4, -0.2) is 39.9 Å². The fourth-order valence-electron chi connectivity index (χ4n) is 5.20. The van der Waals surface area contributed by atoms with Gasteiger partial charge in [-0.25, -0.2) is 0 Å². The second-order valence-electron chi connectivity index (χ2n) is 9.76. The van der Waals surface area contributed by atoms with Crippen LogP contribution in [0.2, 0.25) is 0 Å². The van der Waals surface area contributed by atoms with Gasteiger partial charge in [0, 0.05) is 29.0 Å². The number of fused-ring (bicyclic) bond motifs is 1. The molecule has 2 aromatic heterocycles. The molecule has 9 heteroatoms. The van der Waals surface area contributed by atoms with E-state index in [1.165, 1.54) is 31.1 Å². The zero-order valence-corrected chi connectivity index (χ0v) is 20.9. The number of hydrogen-bond acceptors (Lipinski definition) is 8. The maximum absolute atomic E-state index is 5.91. The average Bonchev–Trinajstić information content (AvgIpc) is 3.70. The first-order valence-electron chi connectivity index (χ1n) is 12.3. The highest BCUT2D eigenvalue weighted by Gasteiger charge is 2.41. The molecule has 6 rings (SSSR count). The van der Waals surface area contributed by atoms with E-state index in [1.807, 2.05) is 19.1 Å². The smallest absolute Gasteiger partial charge is 0.258 e. The van der Waals surface area contributed by atoms with Gasteiger partial charge in [0.25, 0.3) is 5.89 Å². The summed E-state index contributed by atoms with van der Waals surface area (Å²) >= 11 is 0. The van der Waals surface area contributed by atoms with E-state index < -0.39 is 5.60 Å². The molecular weight excluding hydrogens is 458 g/mol. The van der Waals surface area contributed by atoms with Crippen LogP contribution in [0, 0.1) is 6.92 Å². The summed E-state index contributed by atoms with van der Waals surface area (Å²) in [5.74, 6) is 2.07. The molecule has 1 aliphatic carbocycles. The van der Waals surface area contributed by atoms with E-state index >= 15 is 0 Å². The predicted molar refractivity (Wildman–Crippen MR) is 134 cm³/mol. The number of ether oxygens (including phenoxy) is 2. The van der Waals surface area contributed by atoms with Gasteiger partial charge in [-0.2, -0.15) is 10.1 Å². The van der Waals surface area contributed by atoms with Gasteiger partial charge in [-0.05, 0) is 44.9 Å². The second-order valence-corrected chi connectivity index (χ2v) is 9.76. The predicted octanol–water partition coefficient (Wildman–Crippen LogP) is 5.57. The normalized spacial score (nSPS) is 20.1. The summed E-state index contributed by atoms with van der Waals surface area (Å²) < 4.78 is 18.5. The monoisotopic (exact) mass is 487 g/mol. The van der Waals surface area contributed by atoms with Crippen LogP contribution in [0.1, 0.15) is 62.2 Å². The van der Waals surface area contributed by atoms with Crippen LogP contribution in [0.5, 0.6) is 11.5 Å². The first-order chi connectivity index (χ1) is 17.5. The largest absolute Gasteiger partial charge is 0.497 e. The average molecular weight is 488 g/mol. The molecule has 0 saturated heterocycles. The molecule has 2 aliphatic rings. The quantitative estimate of drug-likeness (QED) is 0.351. The molecule has 186 valence electrons. The number of rotatable bonds is 6.